The second-order valence-corrected chi connectivity index (χ2v) is 11.8. The quantitative estimate of drug-likeness (QED) is 0.126. The number of hydrogen-bond donors (Lipinski definition) is 3. The minimum absolute atomic E-state index is 0.0774. The van der Waals surface area contributed by atoms with Crippen LogP contribution in [0.2, 0.25) is 0 Å². The van der Waals surface area contributed by atoms with Crippen LogP contribution in [0.25, 0.3) is 0 Å². The van der Waals surface area contributed by atoms with Crippen molar-refractivity contribution in [2.24, 2.45) is 5.16 Å². The molecule has 39 heavy (non-hydrogen) atoms. The number of fused-ring (bicyclic) bond motifs is 1. The average molecular weight is 614 g/mol. The summed E-state index contributed by atoms with van der Waals surface area (Å²) in [6, 6.07) is -1.02. The molecule has 4 rings (SSSR count). The number of likely N-dealkylation sites (N-methyl/N-ethyl adjacent to an activating group) is 1. The largest absolute Gasteiger partial charge is 0.477 e. The summed E-state index contributed by atoms with van der Waals surface area (Å²) in [5, 5.41) is 23.3. The van der Waals surface area contributed by atoms with Crippen molar-refractivity contribution in [2.45, 2.75) is 29.6 Å². The molecule has 0 saturated carbocycles. The molecular weight excluding hydrogens is 591 g/mol. The molecule has 2 atom stereocenters. The van der Waals surface area contributed by atoms with Crippen LogP contribution in [-0.4, -0.2) is 106 Å². The lowest BCUT2D eigenvalue weighted by Crippen LogP contribution is -2.71. The summed E-state index contributed by atoms with van der Waals surface area (Å²) < 4.78 is 4.67. The first-order valence-electron chi connectivity index (χ1n) is 11.4. The standard InChI is InChI=1S/C20H23N9O6S4/c1-3-28(4-2)10(30)5-35-26-11(14-24-19(21)39-27-14)15(31)23-12-16(32)29-13(18(33)34)9(6-36-17(12)29)7-37-20-25-22-8-38-20/h8,12,17H,3-7H2,1-2H3,(H,23,31)(H,33,34)(H2,21,24,27)/b26-11-/t12?,17-/m1/s1. The van der Waals surface area contributed by atoms with Crippen molar-refractivity contribution in [1.82, 2.24) is 34.7 Å². The molecule has 2 aromatic rings. The van der Waals surface area contributed by atoms with Crippen LogP contribution in [0, 0.1) is 0 Å². The molecule has 2 aromatic heterocycles. The first kappa shape index (κ1) is 28.7. The summed E-state index contributed by atoms with van der Waals surface area (Å²) in [4.78, 5) is 62.3. The smallest absolute Gasteiger partial charge is 0.352 e. The van der Waals surface area contributed by atoms with Crippen LogP contribution in [0.5, 0.6) is 0 Å². The number of anilines is 1. The van der Waals surface area contributed by atoms with E-state index >= 15 is 0 Å². The highest BCUT2D eigenvalue weighted by molar-refractivity contribution is 8.01. The van der Waals surface area contributed by atoms with E-state index in [0.29, 0.717) is 34.5 Å². The summed E-state index contributed by atoms with van der Waals surface area (Å²) in [6.07, 6.45) is 0. The molecule has 208 valence electrons. The maximum absolute atomic E-state index is 13.2. The molecule has 0 aliphatic carbocycles. The lowest BCUT2D eigenvalue weighted by molar-refractivity contribution is -0.150. The molecule has 1 saturated heterocycles. The van der Waals surface area contributed by atoms with Crippen LogP contribution in [0.3, 0.4) is 0 Å². The van der Waals surface area contributed by atoms with Gasteiger partial charge >= 0.3 is 5.97 Å². The second kappa shape index (κ2) is 12.7. The van der Waals surface area contributed by atoms with Gasteiger partial charge in [-0.2, -0.15) is 9.36 Å². The van der Waals surface area contributed by atoms with Crippen LogP contribution >= 0.6 is 46.4 Å². The van der Waals surface area contributed by atoms with Gasteiger partial charge in [-0.05, 0) is 19.4 Å². The molecule has 0 spiro atoms. The molecule has 15 nitrogen and oxygen atoms in total. The van der Waals surface area contributed by atoms with E-state index in [0.717, 1.165) is 11.5 Å². The third-order valence-corrected chi connectivity index (χ3v) is 9.40. The maximum Gasteiger partial charge on any atom is 0.352 e. The van der Waals surface area contributed by atoms with Gasteiger partial charge in [0.05, 0.1) is 0 Å². The third-order valence-electron chi connectivity index (χ3n) is 5.57. The zero-order valence-corrected chi connectivity index (χ0v) is 23.9. The molecule has 4 heterocycles. The van der Waals surface area contributed by atoms with E-state index < -0.39 is 35.8 Å². The molecule has 1 fully saturated rings. The number of nitrogen functional groups attached to an aromatic ring is 1. The van der Waals surface area contributed by atoms with Crippen molar-refractivity contribution in [3.8, 4) is 0 Å². The molecule has 0 aromatic carbocycles. The monoisotopic (exact) mass is 613 g/mol. The molecule has 1 unspecified atom stereocenters. The molecule has 0 bridgehead atoms. The highest BCUT2D eigenvalue weighted by atomic mass is 32.2. The van der Waals surface area contributed by atoms with Gasteiger partial charge in [-0.15, -0.1) is 22.0 Å². The number of rotatable bonds is 12. The second-order valence-electron chi connectivity index (χ2n) is 7.85. The highest BCUT2D eigenvalue weighted by Gasteiger charge is 2.54. The van der Waals surface area contributed by atoms with Crippen molar-refractivity contribution in [2.75, 3.05) is 36.9 Å². The number of nitrogens with zero attached hydrogens (tertiary/aromatic N) is 7. The van der Waals surface area contributed by atoms with Gasteiger partial charge in [-0.25, -0.2) is 4.79 Å². The summed E-state index contributed by atoms with van der Waals surface area (Å²) in [7, 11) is 0. The third kappa shape index (κ3) is 6.31. The fraction of sp³-hybridized carbons (Fsp3) is 0.450. The lowest BCUT2D eigenvalue weighted by Gasteiger charge is -2.49. The van der Waals surface area contributed by atoms with Gasteiger partial charge in [-0.1, -0.05) is 28.3 Å². The van der Waals surface area contributed by atoms with Crippen molar-refractivity contribution in [1.29, 1.82) is 0 Å². The number of carbonyl (C=O) groups is 4. The number of nitrogens with one attached hydrogen (secondary N) is 1. The minimum Gasteiger partial charge on any atom is -0.477 e. The first-order chi connectivity index (χ1) is 18.7. The Morgan fingerprint density at radius 1 is 1.36 bits per heavy atom. The fourth-order valence-electron chi connectivity index (χ4n) is 3.71. The zero-order valence-electron chi connectivity index (χ0n) is 20.6. The number of hydrogen-bond acceptors (Lipinski definition) is 15. The van der Waals surface area contributed by atoms with E-state index in [1.54, 1.807) is 5.51 Å². The number of oxime groups is 1. The van der Waals surface area contributed by atoms with Gasteiger partial charge in [-0.3, -0.25) is 19.3 Å². The van der Waals surface area contributed by atoms with Gasteiger partial charge < -0.3 is 25.9 Å². The zero-order chi connectivity index (χ0) is 28.1. The molecule has 4 N–H and O–H groups in total. The van der Waals surface area contributed by atoms with Crippen LogP contribution < -0.4 is 11.1 Å². The summed E-state index contributed by atoms with van der Waals surface area (Å²) >= 11 is 4.83. The van der Waals surface area contributed by atoms with E-state index in [2.05, 4.69) is 30.0 Å². The molecule has 2 aliphatic heterocycles. The Labute approximate surface area is 238 Å². The van der Waals surface area contributed by atoms with E-state index in [9.17, 15) is 24.3 Å². The highest BCUT2D eigenvalue weighted by Crippen LogP contribution is 2.41. The predicted octanol–water partition coefficient (Wildman–Crippen LogP) is 0.0918. The van der Waals surface area contributed by atoms with Crippen LogP contribution in [0.15, 0.2) is 26.3 Å². The van der Waals surface area contributed by atoms with Crippen molar-refractivity contribution >= 4 is 80.9 Å². The lowest BCUT2D eigenvalue weighted by atomic mass is 10.0. The molecule has 3 amide bonds. The SMILES string of the molecule is CCN(CC)C(=O)CO/N=C(\C(=O)NC1C(=O)N2C(C(=O)O)=C(CSc3nncs3)CS[C@H]12)c1nsc(N)n1. The Balaban J connectivity index is 1.47. The molecular formula is C20H23N9O6S4. The maximum atomic E-state index is 13.2. The summed E-state index contributed by atoms with van der Waals surface area (Å²) in [5.74, 6) is -2.44. The van der Waals surface area contributed by atoms with Gasteiger partial charge in [0.1, 0.15) is 22.6 Å². The normalized spacial score (nSPS) is 18.9. The van der Waals surface area contributed by atoms with E-state index in [-0.39, 0.29) is 28.3 Å². The summed E-state index contributed by atoms with van der Waals surface area (Å²) in [6.45, 7) is 4.18. The number of carboxylic acids is 1. The number of amides is 3. The Kier molecular flexibility index (Phi) is 9.36. The number of aliphatic carboxylic acids is 1. The minimum atomic E-state index is -1.23. The van der Waals surface area contributed by atoms with E-state index in [1.807, 2.05) is 13.8 Å². The van der Waals surface area contributed by atoms with Crippen molar-refractivity contribution < 1.29 is 29.1 Å². The van der Waals surface area contributed by atoms with Crippen LogP contribution in [-0.2, 0) is 24.0 Å². The number of carbonyl (C=O) groups excluding carboxylic acids is 3. The Hall–Kier alpha value is -3.29. The number of carboxylic acid groups (broad SMARTS) is 1. The van der Waals surface area contributed by atoms with Gasteiger partial charge in [0.25, 0.3) is 17.7 Å². The number of nitrogens with two attached hydrogens (primary N) is 1. The van der Waals surface area contributed by atoms with E-state index in [4.69, 9.17) is 10.6 Å². The Morgan fingerprint density at radius 3 is 2.74 bits per heavy atom. The number of aromatic nitrogens is 4. The molecule has 19 heteroatoms. The first-order valence-corrected chi connectivity index (χ1v) is 15.1. The Bertz CT molecular complexity index is 1310. The summed E-state index contributed by atoms with van der Waals surface area (Å²) in [5.41, 5.74) is 7.32. The topological polar surface area (TPSA) is 206 Å². The predicted molar refractivity (Wildman–Crippen MR) is 145 cm³/mol. The van der Waals surface area contributed by atoms with Crippen molar-refractivity contribution in [3.63, 3.8) is 0 Å². The van der Waals surface area contributed by atoms with Gasteiger partial charge in [0.2, 0.25) is 11.5 Å². The number of thioether (sulfide) groups is 2. The van der Waals surface area contributed by atoms with Gasteiger partial charge in [0, 0.05) is 36.1 Å². The number of β-lactam (4-membered cyclic amide) rings is 1. The van der Waals surface area contributed by atoms with Crippen LogP contribution in [0.1, 0.15) is 19.7 Å². The molecule has 2 aliphatic rings. The van der Waals surface area contributed by atoms with Crippen molar-refractivity contribution in [3.05, 3.63) is 22.6 Å². The van der Waals surface area contributed by atoms with Gasteiger partial charge in [0.15, 0.2) is 16.1 Å². The molecule has 0 radical (unpaired) electrons. The average Bonchev–Trinajstić information content (AvgIpc) is 3.60. The Morgan fingerprint density at radius 2 is 2.13 bits per heavy atom. The fourth-order valence-corrected chi connectivity index (χ4v) is 7.12. The van der Waals surface area contributed by atoms with E-state index in [1.165, 1.54) is 44.7 Å². The van der Waals surface area contributed by atoms with Crippen LogP contribution in [0.4, 0.5) is 5.13 Å².